The second-order valence-corrected chi connectivity index (χ2v) is 5.04. The molecule has 0 spiro atoms. The number of aliphatic hydroxyl groups excluding tert-OH is 1. The molecule has 3 nitrogen and oxygen atoms in total. The highest BCUT2D eigenvalue weighted by Gasteiger charge is 2.19. The molecular weight excluding hydrogens is 188 g/mol. The molecule has 0 aromatic rings. The highest BCUT2D eigenvalue weighted by atomic mass is 16.3. The Kier molecular flexibility index (Phi) is 5.58. The summed E-state index contributed by atoms with van der Waals surface area (Å²) < 4.78 is 0. The van der Waals surface area contributed by atoms with Crippen LogP contribution in [0.4, 0.5) is 0 Å². The van der Waals surface area contributed by atoms with Gasteiger partial charge in [0.2, 0.25) is 0 Å². The van der Waals surface area contributed by atoms with E-state index in [0.29, 0.717) is 12.1 Å². The quantitative estimate of drug-likeness (QED) is 0.722. The molecule has 0 saturated carbocycles. The van der Waals surface area contributed by atoms with Crippen molar-refractivity contribution in [3.05, 3.63) is 0 Å². The lowest BCUT2D eigenvalue weighted by Crippen LogP contribution is -2.47. The van der Waals surface area contributed by atoms with Gasteiger partial charge in [0.25, 0.3) is 0 Å². The summed E-state index contributed by atoms with van der Waals surface area (Å²) in [5, 5.41) is 13.0. The van der Waals surface area contributed by atoms with Gasteiger partial charge in [-0.3, -0.25) is 4.90 Å². The van der Waals surface area contributed by atoms with Gasteiger partial charge in [-0.25, -0.2) is 0 Å². The zero-order valence-electron chi connectivity index (χ0n) is 10.4. The molecule has 1 aliphatic heterocycles. The van der Waals surface area contributed by atoms with Crippen molar-refractivity contribution in [3.63, 3.8) is 0 Å². The third kappa shape index (κ3) is 4.96. The summed E-state index contributed by atoms with van der Waals surface area (Å²) in [5.41, 5.74) is 0. The van der Waals surface area contributed by atoms with Crippen LogP contribution in [0, 0.1) is 0 Å². The van der Waals surface area contributed by atoms with E-state index in [1.807, 2.05) is 6.92 Å². The Bertz CT molecular complexity index is 165. The van der Waals surface area contributed by atoms with E-state index in [0.717, 1.165) is 19.6 Å². The first-order valence-electron chi connectivity index (χ1n) is 6.25. The normalized spacial score (nSPS) is 24.8. The molecule has 1 heterocycles. The maximum atomic E-state index is 9.44. The van der Waals surface area contributed by atoms with E-state index < -0.39 is 0 Å². The van der Waals surface area contributed by atoms with Gasteiger partial charge < -0.3 is 10.4 Å². The Balaban J connectivity index is 2.35. The predicted molar refractivity (Wildman–Crippen MR) is 64.0 cm³/mol. The van der Waals surface area contributed by atoms with Gasteiger partial charge in [0.05, 0.1) is 6.10 Å². The highest BCUT2D eigenvalue weighted by molar-refractivity contribution is 4.78. The minimum absolute atomic E-state index is 0.226. The van der Waals surface area contributed by atoms with Gasteiger partial charge in [0.1, 0.15) is 0 Å². The summed E-state index contributed by atoms with van der Waals surface area (Å²) in [6, 6.07) is 1.14. The standard InChI is InChI=1S/C12H26N2O/c1-10(2)14(8-11(3)15)9-12-6-4-5-7-13-12/h10-13,15H,4-9H2,1-3H3/t11-,12?/m0/s1. The molecule has 90 valence electrons. The van der Waals surface area contributed by atoms with E-state index in [1.54, 1.807) is 0 Å². The highest BCUT2D eigenvalue weighted by Crippen LogP contribution is 2.10. The van der Waals surface area contributed by atoms with Gasteiger partial charge in [-0.15, -0.1) is 0 Å². The first-order chi connectivity index (χ1) is 7.09. The molecule has 0 aliphatic carbocycles. The molecule has 3 heteroatoms. The first kappa shape index (κ1) is 12.9. The third-order valence-electron chi connectivity index (χ3n) is 3.10. The van der Waals surface area contributed by atoms with Crippen molar-refractivity contribution in [1.82, 2.24) is 10.2 Å². The van der Waals surface area contributed by atoms with E-state index >= 15 is 0 Å². The van der Waals surface area contributed by atoms with E-state index in [1.165, 1.54) is 19.3 Å². The summed E-state index contributed by atoms with van der Waals surface area (Å²) in [5.74, 6) is 0. The molecule has 0 aromatic carbocycles. The zero-order chi connectivity index (χ0) is 11.3. The Morgan fingerprint density at radius 2 is 2.07 bits per heavy atom. The lowest BCUT2D eigenvalue weighted by Gasteiger charge is -2.33. The van der Waals surface area contributed by atoms with Crippen molar-refractivity contribution >= 4 is 0 Å². The van der Waals surface area contributed by atoms with Crippen molar-refractivity contribution in [1.29, 1.82) is 0 Å². The maximum Gasteiger partial charge on any atom is 0.0639 e. The molecule has 0 amide bonds. The first-order valence-corrected chi connectivity index (χ1v) is 6.25. The van der Waals surface area contributed by atoms with Crippen LogP contribution in [-0.2, 0) is 0 Å². The van der Waals surface area contributed by atoms with E-state index in [9.17, 15) is 5.11 Å². The largest absolute Gasteiger partial charge is 0.392 e. The number of aliphatic hydroxyl groups is 1. The Morgan fingerprint density at radius 3 is 2.53 bits per heavy atom. The summed E-state index contributed by atoms with van der Waals surface area (Å²) in [7, 11) is 0. The lowest BCUT2D eigenvalue weighted by atomic mass is 10.0. The smallest absolute Gasteiger partial charge is 0.0639 e. The van der Waals surface area contributed by atoms with Crippen LogP contribution in [0.5, 0.6) is 0 Å². The van der Waals surface area contributed by atoms with Crippen molar-refractivity contribution in [2.75, 3.05) is 19.6 Å². The average Bonchev–Trinajstić information content (AvgIpc) is 2.17. The second kappa shape index (κ2) is 6.46. The molecule has 0 aromatic heterocycles. The Morgan fingerprint density at radius 1 is 1.33 bits per heavy atom. The van der Waals surface area contributed by atoms with Crippen molar-refractivity contribution in [3.8, 4) is 0 Å². The van der Waals surface area contributed by atoms with Gasteiger partial charge in [0, 0.05) is 25.2 Å². The van der Waals surface area contributed by atoms with Crippen LogP contribution in [-0.4, -0.2) is 47.8 Å². The minimum Gasteiger partial charge on any atom is -0.392 e. The topological polar surface area (TPSA) is 35.5 Å². The van der Waals surface area contributed by atoms with Gasteiger partial charge in [-0.1, -0.05) is 6.42 Å². The van der Waals surface area contributed by atoms with Crippen LogP contribution < -0.4 is 5.32 Å². The molecule has 0 bridgehead atoms. The van der Waals surface area contributed by atoms with Crippen molar-refractivity contribution in [2.24, 2.45) is 0 Å². The summed E-state index contributed by atoms with van der Waals surface area (Å²) in [4.78, 5) is 2.37. The minimum atomic E-state index is -0.226. The lowest BCUT2D eigenvalue weighted by molar-refractivity contribution is 0.0966. The number of piperidine rings is 1. The molecule has 2 atom stereocenters. The monoisotopic (exact) mass is 214 g/mol. The molecule has 0 radical (unpaired) electrons. The van der Waals surface area contributed by atoms with Crippen LogP contribution in [0.3, 0.4) is 0 Å². The van der Waals surface area contributed by atoms with E-state index in [4.69, 9.17) is 0 Å². The predicted octanol–water partition coefficient (Wildman–Crippen LogP) is 1.22. The number of rotatable bonds is 5. The Labute approximate surface area is 93.9 Å². The molecule has 2 N–H and O–H groups in total. The van der Waals surface area contributed by atoms with Crippen molar-refractivity contribution in [2.45, 2.75) is 58.2 Å². The maximum absolute atomic E-state index is 9.44. The van der Waals surface area contributed by atoms with Crippen molar-refractivity contribution < 1.29 is 5.11 Å². The molecule has 1 fully saturated rings. The number of hydrogen-bond acceptors (Lipinski definition) is 3. The van der Waals surface area contributed by atoms with Gasteiger partial charge in [-0.2, -0.15) is 0 Å². The zero-order valence-corrected chi connectivity index (χ0v) is 10.4. The van der Waals surface area contributed by atoms with Crippen LogP contribution in [0.2, 0.25) is 0 Å². The molecule has 1 unspecified atom stereocenters. The average molecular weight is 214 g/mol. The summed E-state index contributed by atoms with van der Waals surface area (Å²) in [6.45, 7) is 9.28. The van der Waals surface area contributed by atoms with Crippen LogP contribution >= 0.6 is 0 Å². The molecular formula is C12H26N2O. The SMILES string of the molecule is CC(C)N(CC1CCCCN1)C[C@H](C)O. The van der Waals surface area contributed by atoms with E-state index in [-0.39, 0.29) is 6.10 Å². The fourth-order valence-corrected chi connectivity index (χ4v) is 2.20. The summed E-state index contributed by atoms with van der Waals surface area (Å²) >= 11 is 0. The second-order valence-electron chi connectivity index (χ2n) is 5.04. The molecule has 15 heavy (non-hydrogen) atoms. The number of hydrogen-bond donors (Lipinski definition) is 2. The molecule has 1 rings (SSSR count). The van der Waals surface area contributed by atoms with Gasteiger partial charge in [0.15, 0.2) is 0 Å². The number of nitrogens with one attached hydrogen (secondary N) is 1. The van der Waals surface area contributed by atoms with Crippen LogP contribution in [0.25, 0.3) is 0 Å². The van der Waals surface area contributed by atoms with Crippen LogP contribution in [0.1, 0.15) is 40.0 Å². The van der Waals surface area contributed by atoms with Gasteiger partial charge >= 0.3 is 0 Å². The number of nitrogens with zero attached hydrogens (tertiary/aromatic N) is 1. The third-order valence-corrected chi connectivity index (χ3v) is 3.10. The molecule has 1 aliphatic rings. The summed E-state index contributed by atoms with van der Waals surface area (Å²) in [6.07, 6.45) is 3.71. The van der Waals surface area contributed by atoms with E-state index in [2.05, 4.69) is 24.1 Å². The fourth-order valence-electron chi connectivity index (χ4n) is 2.20. The Hall–Kier alpha value is -0.120. The van der Waals surface area contributed by atoms with Gasteiger partial charge in [-0.05, 0) is 40.2 Å². The fraction of sp³-hybridized carbons (Fsp3) is 1.00. The van der Waals surface area contributed by atoms with Crippen LogP contribution in [0.15, 0.2) is 0 Å². The molecule has 1 saturated heterocycles.